The number of methoxy groups -OCH3 is 1. The summed E-state index contributed by atoms with van der Waals surface area (Å²) in [5, 5.41) is 2.88. The number of ether oxygens (including phenoxy) is 1. The predicted octanol–water partition coefficient (Wildman–Crippen LogP) is 3.50. The molecule has 7 heteroatoms. The average molecular weight is 391 g/mol. The number of nitrogens with zero attached hydrogens (tertiary/aromatic N) is 1. The molecular weight excluding hydrogens is 364 g/mol. The van der Waals surface area contributed by atoms with Gasteiger partial charge in [-0.1, -0.05) is 23.8 Å². The Labute approximate surface area is 161 Å². The Bertz CT molecular complexity index is 910. The number of nitrogens with one attached hydrogen (secondary N) is 1. The Kier molecular flexibility index (Phi) is 6.85. The third kappa shape index (κ3) is 5.99. The van der Waals surface area contributed by atoms with Gasteiger partial charge in [0.25, 0.3) is 0 Å². The summed E-state index contributed by atoms with van der Waals surface area (Å²) in [6.45, 7) is 4.15. The SMILES string of the molecule is COc1cccc(N(CCCC(=O)Nc2ccc(C)cc2C)S(C)(=O)=O)c1. The van der Waals surface area contributed by atoms with Gasteiger partial charge in [-0.2, -0.15) is 0 Å². The number of rotatable bonds is 8. The second-order valence-corrected chi connectivity index (χ2v) is 8.41. The zero-order chi connectivity index (χ0) is 20.0. The molecule has 0 aliphatic rings. The molecule has 1 amide bonds. The minimum atomic E-state index is -3.47. The first-order valence-corrected chi connectivity index (χ1v) is 10.5. The molecule has 0 heterocycles. The van der Waals surface area contributed by atoms with E-state index in [0.29, 0.717) is 17.9 Å². The van der Waals surface area contributed by atoms with Crippen LogP contribution in [0.3, 0.4) is 0 Å². The first-order chi connectivity index (χ1) is 12.7. The summed E-state index contributed by atoms with van der Waals surface area (Å²) in [5.41, 5.74) is 3.43. The van der Waals surface area contributed by atoms with E-state index in [-0.39, 0.29) is 18.9 Å². The van der Waals surface area contributed by atoms with Crippen molar-refractivity contribution >= 4 is 27.3 Å². The quantitative estimate of drug-likeness (QED) is 0.749. The normalized spacial score (nSPS) is 11.1. The van der Waals surface area contributed by atoms with Gasteiger partial charge in [0, 0.05) is 24.7 Å². The predicted molar refractivity (Wildman–Crippen MR) is 109 cm³/mol. The molecule has 2 rings (SSSR count). The lowest BCUT2D eigenvalue weighted by Crippen LogP contribution is -2.31. The molecule has 0 spiro atoms. The van der Waals surface area contributed by atoms with Gasteiger partial charge in [0.15, 0.2) is 0 Å². The molecule has 0 bridgehead atoms. The number of hydrogen-bond acceptors (Lipinski definition) is 4. The summed E-state index contributed by atoms with van der Waals surface area (Å²) in [5.74, 6) is 0.440. The van der Waals surface area contributed by atoms with Crippen LogP contribution in [0, 0.1) is 13.8 Å². The van der Waals surface area contributed by atoms with Crippen LogP contribution in [0.4, 0.5) is 11.4 Å². The number of anilines is 2. The fourth-order valence-electron chi connectivity index (χ4n) is 2.80. The minimum absolute atomic E-state index is 0.138. The maximum atomic E-state index is 12.2. The highest BCUT2D eigenvalue weighted by Crippen LogP contribution is 2.23. The zero-order valence-electron chi connectivity index (χ0n) is 16.2. The van der Waals surface area contributed by atoms with Crippen molar-refractivity contribution in [1.82, 2.24) is 0 Å². The number of carbonyl (C=O) groups excluding carboxylic acids is 1. The highest BCUT2D eigenvalue weighted by Gasteiger charge is 2.18. The van der Waals surface area contributed by atoms with E-state index in [1.54, 1.807) is 24.3 Å². The van der Waals surface area contributed by atoms with Gasteiger partial charge in [0.2, 0.25) is 15.9 Å². The molecule has 0 aliphatic carbocycles. The molecule has 0 aromatic heterocycles. The average Bonchev–Trinajstić information content (AvgIpc) is 2.60. The molecule has 146 valence electrons. The molecular formula is C20H26N2O4S. The number of amides is 1. The van der Waals surface area contributed by atoms with Crippen LogP contribution < -0.4 is 14.4 Å². The molecule has 2 aromatic carbocycles. The fourth-order valence-corrected chi connectivity index (χ4v) is 3.76. The number of benzene rings is 2. The van der Waals surface area contributed by atoms with Gasteiger partial charge in [-0.25, -0.2) is 8.42 Å². The van der Waals surface area contributed by atoms with Crippen molar-refractivity contribution in [2.24, 2.45) is 0 Å². The second kappa shape index (κ2) is 8.90. The van der Waals surface area contributed by atoms with Crippen LogP contribution in [0.5, 0.6) is 5.75 Å². The molecule has 0 fully saturated rings. The maximum Gasteiger partial charge on any atom is 0.232 e. The summed E-state index contributed by atoms with van der Waals surface area (Å²) in [7, 11) is -1.94. The van der Waals surface area contributed by atoms with Gasteiger partial charge in [0.05, 0.1) is 19.1 Å². The van der Waals surface area contributed by atoms with Gasteiger partial charge in [-0.15, -0.1) is 0 Å². The number of carbonyl (C=O) groups is 1. The van der Waals surface area contributed by atoms with E-state index >= 15 is 0 Å². The molecule has 0 saturated heterocycles. The van der Waals surface area contributed by atoms with Gasteiger partial charge in [-0.3, -0.25) is 9.10 Å². The van der Waals surface area contributed by atoms with E-state index in [9.17, 15) is 13.2 Å². The number of sulfonamides is 1. The first-order valence-electron chi connectivity index (χ1n) is 8.69. The molecule has 0 radical (unpaired) electrons. The van der Waals surface area contributed by atoms with Crippen LogP contribution in [0.1, 0.15) is 24.0 Å². The Morgan fingerprint density at radius 3 is 2.52 bits per heavy atom. The van der Waals surface area contributed by atoms with Crippen molar-refractivity contribution in [2.45, 2.75) is 26.7 Å². The topological polar surface area (TPSA) is 75.7 Å². The number of hydrogen-bond donors (Lipinski definition) is 1. The molecule has 6 nitrogen and oxygen atoms in total. The van der Waals surface area contributed by atoms with E-state index in [2.05, 4.69) is 5.32 Å². The van der Waals surface area contributed by atoms with E-state index < -0.39 is 10.0 Å². The first kappa shape index (κ1) is 20.8. The van der Waals surface area contributed by atoms with E-state index in [0.717, 1.165) is 23.1 Å². The van der Waals surface area contributed by atoms with Crippen molar-refractivity contribution in [2.75, 3.05) is 29.5 Å². The van der Waals surface area contributed by atoms with Gasteiger partial charge in [0.1, 0.15) is 5.75 Å². The van der Waals surface area contributed by atoms with Crippen molar-refractivity contribution in [1.29, 1.82) is 0 Å². The van der Waals surface area contributed by atoms with Crippen LogP contribution >= 0.6 is 0 Å². The summed E-state index contributed by atoms with van der Waals surface area (Å²) < 4.78 is 30.8. The smallest absolute Gasteiger partial charge is 0.232 e. The van der Waals surface area contributed by atoms with E-state index in [4.69, 9.17) is 4.74 Å². The summed E-state index contributed by atoms with van der Waals surface area (Å²) in [6.07, 6.45) is 1.78. The molecule has 2 aromatic rings. The lowest BCUT2D eigenvalue weighted by Gasteiger charge is -2.22. The maximum absolute atomic E-state index is 12.2. The van der Waals surface area contributed by atoms with Crippen molar-refractivity contribution in [3.8, 4) is 5.75 Å². The number of aryl methyl sites for hydroxylation is 2. The van der Waals surface area contributed by atoms with Crippen molar-refractivity contribution in [3.63, 3.8) is 0 Å². The Morgan fingerprint density at radius 2 is 1.89 bits per heavy atom. The molecule has 0 atom stereocenters. The monoisotopic (exact) mass is 390 g/mol. The fraction of sp³-hybridized carbons (Fsp3) is 0.350. The summed E-state index contributed by atoms with van der Waals surface area (Å²) in [6, 6.07) is 12.7. The minimum Gasteiger partial charge on any atom is -0.497 e. The highest BCUT2D eigenvalue weighted by molar-refractivity contribution is 7.92. The largest absolute Gasteiger partial charge is 0.497 e. The highest BCUT2D eigenvalue weighted by atomic mass is 32.2. The van der Waals surface area contributed by atoms with Crippen molar-refractivity contribution in [3.05, 3.63) is 53.6 Å². The van der Waals surface area contributed by atoms with Crippen LogP contribution in [-0.2, 0) is 14.8 Å². The molecule has 0 aliphatic heterocycles. The molecule has 0 saturated carbocycles. The Hall–Kier alpha value is -2.54. The van der Waals surface area contributed by atoms with Crippen LogP contribution in [0.2, 0.25) is 0 Å². The Balaban J connectivity index is 2.00. The molecule has 1 N–H and O–H groups in total. The lowest BCUT2D eigenvalue weighted by atomic mass is 10.1. The lowest BCUT2D eigenvalue weighted by molar-refractivity contribution is -0.116. The van der Waals surface area contributed by atoms with Gasteiger partial charge >= 0.3 is 0 Å². The van der Waals surface area contributed by atoms with E-state index in [1.165, 1.54) is 11.4 Å². The summed E-state index contributed by atoms with van der Waals surface area (Å²) >= 11 is 0. The summed E-state index contributed by atoms with van der Waals surface area (Å²) in [4.78, 5) is 12.2. The second-order valence-electron chi connectivity index (χ2n) is 6.51. The van der Waals surface area contributed by atoms with Crippen LogP contribution in [-0.4, -0.2) is 34.2 Å². The third-order valence-electron chi connectivity index (χ3n) is 4.16. The van der Waals surface area contributed by atoms with Crippen molar-refractivity contribution < 1.29 is 17.9 Å². The van der Waals surface area contributed by atoms with Gasteiger partial charge in [-0.05, 0) is 44.0 Å². The Morgan fingerprint density at radius 1 is 1.15 bits per heavy atom. The zero-order valence-corrected chi connectivity index (χ0v) is 17.0. The van der Waals surface area contributed by atoms with Crippen LogP contribution in [0.15, 0.2) is 42.5 Å². The standard InChI is InChI=1S/C20H26N2O4S/c1-15-10-11-19(16(2)13-15)21-20(23)9-6-12-22(27(4,24)25)17-7-5-8-18(14-17)26-3/h5,7-8,10-11,13-14H,6,9,12H2,1-4H3,(H,21,23). The van der Waals surface area contributed by atoms with Gasteiger partial charge < -0.3 is 10.1 Å². The van der Waals surface area contributed by atoms with Crippen LogP contribution in [0.25, 0.3) is 0 Å². The van der Waals surface area contributed by atoms with E-state index in [1.807, 2.05) is 32.0 Å². The molecule has 27 heavy (non-hydrogen) atoms. The third-order valence-corrected chi connectivity index (χ3v) is 5.36. The molecule has 0 unspecified atom stereocenters.